The summed E-state index contributed by atoms with van der Waals surface area (Å²) in [5, 5.41) is 2.81. The van der Waals surface area contributed by atoms with E-state index in [2.05, 4.69) is 14.8 Å². The van der Waals surface area contributed by atoms with Crippen molar-refractivity contribution in [1.29, 1.82) is 0 Å². The highest BCUT2D eigenvalue weighted by atomic mass is 32.2. The number of aryl methyl sites for hydroxylation is 1. The molecule has 0 saturated carbocycles. The summed E-state index contributed by atoms with van der Waals surface area (Å²) in [6, 6.07) is 7.34. The Balaban J connectivity index is 1.84. The van der Waals surface area contributed by atoms with E-state index in [0.29, 0.717) is 19.3 Å². The Morgan fingerprint density at radius 3 is 2.66 bits per heavy atom. The molecule has 0 aliphatic heterocycles. The van der Waals surface area contributed by atoms with Crippen LogP contribution in [0.15, 0.2) is 36.4 Å². The predicted molar refractivity (Wildman–Crippen MR) is 101 cm³/mol. The fraction of sp³-hybridized carbons (Fsp3) is 0.316. The second kappa shape index (κ2) is 8.32. The summed E-state index contributed by atoms with van der Waals surface area (Å²) in [5.74, 6) is -1.23. The van der Waals surface area contributed by atoms with Gasteiger partial charge in [0.2, 0.25) is 10.0 Å². The molecule has 2 aromatic carbocycles. The second-order valence-corrected chi connectivity index (χ2v) is 8.47. The molecule has 0 heterocycles. The standard InChI is InChI=1S/C19H19F3N2O4S/c1-29(26,27)24-17-10-12(20)5-7-15(17)18(25)23-16-4-2-3-11-9-13(28-19(21)22)6-8-14(11)16/h5-10,16,19,24H,2-4H2,1H3,(H,23,25). The number of amides is 1. The van der Waals surface area contributed by atoms with Gasteiger partial charge in [0.05, 0.1) is 23.5 Å². The summed E-state index contributed by atoms with van der Waals surface area (Å²) in [6.07, 6.45) is 2.88. The van der Waals surface area contributed by atoms with Gasteiger partial charge >= 0.3 is 6.61 Å². The van der Waals surface area contributed by atoms with E-state index in [9.17, 15) is 26.4 Å². The molecule has 1 atom stereocenters. The molecule has 6 nitrogen and oxygen atoms in total. The van der Waals surface area contributed by atoms with Crippen molar-refractivity contribution in [2.75, 3.05) is 11.0 Å². The van der Waals surface area contributed by atoms with Crippen molar-refractivity contribution in [1.82, 2.24) is 5.32 Å². The van der Waals surface area contributed by atoms with Gasteiger partial charge in [-0.05, 0) is 60.7 Å². The summed E-state index contributed by atoms with van der Waals surface area (Å²) in [4.78, 5) is 12.8. The van der Waals surface area contributed by atoms with E-state index in [1.165, 1.54) is 18.2 Å². The lowest BCUT2D eigenvalue weighted by Crippen LogP contribution is -2.31. The lowest BCUT2D eigenvalue weighted by atomic mass is 9.87. The van der Waals surface area contributed by atoms with Crippen molar-refractivity contribution >= 4 is 21.6 Å². The Hall–Kier alpha value is -2.75. The molecule has 29 heavy (non-hydrogen) atoms. The molecule has 1 aliphatic rings. The van der Waals surface area contributed by atoms with E-state index < -0.39 is 34.4 Å². The summed E-state index contributed by atoms with van der Waals surface area (Å²) in [5.41, 5.74) is 1.36. The number of rotatable bonds is 6. The van der Waals surface area contributed by atoms with Crippen LogP contribution < -0.4 is 14.8 Å². The number of hydrogen-bond acceptors (Lipinski definition) is 4. The van der Waals surface area contributed by atoms with Gasteiger partial charge in [-0.25, -0.2) is 12.8 Å². The highest BCUT2D eigenvalue weighted by Gasteiger charge is 2.24. The third kappa shape index (κ3) is 5.41. The van der Waals surface area contributed by atoms with E-state index in [0.717, 1.165) is 29.5 Å². The van der Waals surface area contributed by atoms with Gasteiger partial charge in [0.1, 0.15) is 11.6 Å². The second-order valence-electron chi connectivity index (χ2n) is 6.72. The monoisotopic (exact) mass is 428 g/mol. The fourth-order valence-electron chi connectivity index (χ4n) is 3.35. The molecule has 1 aliphatic carbocycles. The SMILES string of the molecule is CS(=O)(=O)Nc1cc(F)ccc1C(=O)NC1CCCc2cc(OC(F)F)ccc21. The van der Waals surface area contributed by atoms with E-state index in [4.69, 9.17) is 0 Å². The number of ether oxygens (including phenoxy) is 1. The summed E-state index contributed by atoms with van der Waals surface area (Å²) < 4.78 is 68.0. The molecular weight excluding hydrogens is 409 g/mol. The number of benzene rings is 2. The van der Waals surface area contributed by atoms with Crippen LogP contribution in [0.1, 0.15) is 40.4 Å². The van der Waals surface area contributed by atoms with Crippen LogP contribution >= 0.6 is 0 Å². The molecule has 0 fully saturated rings. The summed E-state index contributed by atoms with van der Waals surface area (Å²) in [7, 11) is -3.72. The molecule has 1 amide bonds. The Morgan fingerprint density at radius 1 is 1.21 bits per heavy atom. The molecule has 10 heteroatoms. The Kier molecular flexibility index (Phi) is 6.02. The van der Waals surface area contributed by atoms with Crippen molar-refractivity contribution in [3.05, 3.63) is 58.9 Å². The van der Waals surface area contributed by atoms with Gasteiger partial charge in [-0.15, -0.1) is 0 Å². The molecule has 0 radical (unpaired) electrons. The average Bonchev–Trinajstić information content (AvgIpc) is 2.59. The van der Waals surface area contributed by atoms with E-state index in [-0.39, 0.29) is 17.0 Å². The minimum absolute atomic E-state index is 0.0263. The molecular formula is C19H19F3N2O4S. The van der Waals surface area contributed by atoms with Crippen LogP contribution in [-0.2, 0) is 16.4 Å². The van der Waals surface area contributed by atoms with Gasteiger partial charge in [-0.2, -0.15) is 8.78 Å². The first-order valence-corrected chi connectivity index (χ1v) is 10.7. The molecule has 156 valence electrons. The van der Waals surface area contributed by atoms with Crippen LogP contribution in [0.25, 0.3) is 0 Å². The zero-order chi connectivity index (χ0) is 21.2. The lowest BCUT2D eigenvalue weighted by molar-refractivity contribution is -0.0499. The van der Waals surface area contributed by atoms with E-state index in [1.807, 2.05) is 0 Å². The Bertz CT molecular complexity index is 1030. The fourth-order valence-corrected chi connectivity index (χ4v) is 3.92. The molecule has 3 rings (SSSR count). The van der Waals surface area contributed by atoms with Crippen LogP contribution in [0.3, 0.4) is 0 Å². The normalized spacial score (nSPS) is 16.2. The van der Waals surface area contributed by atoms with E-state index >= 15 is 0 Å². The highest BCUT2D eigenvalue weighted by molar-refractivity contribution is 7.92. The zero-order valence-corrected chi connectivity index (χ0v) is 16.2. The third-order valence-corrected chi connectivity index (χ3v) is 5.07. The maximum atomic E-state index is 13.5. The summed E-state index contributed by atoms with van der Waals surface area (Å²) >= 11 is 0. The van der Waals surface area contributed by atoms with E-state index in [1.54, 1.807) is 6.07 Å². The van der Waals surface area contributed by atoms with Crippen LogP contribution in [0.4, 0.5) is 18.9 Å². The van der Waals surface area contributed by atoms with Gasteiger partial charge in [-0.3, -0.25) is 9.52 Å². The van der Waals surface area contributed by atoms with Crippen LogP contribution in [0.2, 0.25) is 0 Å². The number of fused-ring (bicyclic) bond motifs is 1. The number of sulfonamides is 1. The highest BCUT2D eigenvalue weighted by Crippen LogP contribution is 2.33. The van der Waals surface area contributed by atoms with Crippen molar-refractivity contribution in [2.24, 2.45) is 0 Å². The topological polar surface area (TPSA) is 84.5 Å². The van der Waals surface area contributed by atoms with Crippen LogP contribution in [-0.4, -0.2) is 27.2 Å². The first-order valence-electron chi connectivity index (χ1n) is 8.78. The first kappa shape index (κ1) is 21.0. The van der Waals surface area contributed by atoms with Gasteiger partial charge in [0.15, 0.2) is 0 Å². The quantitative estimate of drug-likeness (QED) is 0.736. The third-order valence-electron chi connectivity index (χ3n) is 4.48. The number of carbonyl (C=O) groups is 1. The molecule has 0 saturated heterocycles. The van der Waals surface area contributed by atoms with Gasteiger partial charge < -0.3 is 10.1 Å². The predicted octanol–water partition coefficient (Wildman–Crippen LogP) is 3.61. The van der Waals surface area contributed by atoms with Crippen molar-refractivity contribution in [2.45, 2.75) is 31.9 Å². The smallest absolute Gasteiger partial charge is 0.387 e. The molecule has 2 N–H and O–H groups in total. The van der Waals surface area contributed by atoms with Gasteiger partial charge in [-0.1, -0.05) is 6.07 Å². The number of hydrogen-bond donors (Lipinski definition) is 2. The van der Waals surface area contributed by atoms with Crippen molar-refractivity contribution in [3.63, 3.8) is 0 Å². The number of anilines is 1. The molecule has 0 aromatic heterocycles. The molecule has 0 bridgehead atoms. The van der Waals surface area contributed by atoms with Crippen molar-refractivity contribution in [3.8, 4) is 5.75 Å². The van der Waals surface area contributed by atoms with Crippen LogP contribution in [0.5, 0.6) is 5.75 Å². The molecule has 2 aromatic rings. The first-order chi connectivity index (χ1) is 13.6. The minimum Gasteiger partial charge on any atom is -0.435 e. The Morgan fingerprint density at radius 2 is 1.97 bits per heavy atom. The maximum absolute atomic E-state index is 13.5. The summed E-state index contributed by atoms with van der Waals surface area (Å²) in [6.45, 7) is -2.92. The van der Waals surface area contributed by atoms with Crippen molar-refractivity contribution < 1.29 is 31.1 Å². The lowest BCUT2D eigenvalue weighted by Gasteiger charge is -2.27. The average molecular weight is 428 g/mol. The molecule has 0 spiro atoms. The maximum Gasteiger partial charge on any atom is 0.387 e. The minimum atomic E-state index is -3.72. The number of carbonyl (C=O) groups excluding carboxylic acids is 1. The number of nitrogens with one attached hydrogen (secondary N) is 2. The molecule has 1 unspecified atom stereocenters. The largest absolute Gasteiger partial charge is 0.435 e. The number of halogens is 3. The number of alkyl halides is 2. The zero-order valence-electron chi connectivity index (χ0n) is 15.4. The van der Waals surface area contributed by atoms with Crippen LogP contribution in [0, 0.1) is 5.82 Å². The van der Waals surface area contributed by atoms with Gasteiger partial charge in [0, 0.05) is 0 Å². The van der Waals surface area contributed by atoms with Gasteiger partial charge in [0.25, 0.3) is 5.91 Å². The Labute approximate surface area is 166 Å².